The summed E-state index contributed by atoms with van der Waals surface area (Å²) in [6, 6.07) is 1.64. The topological polar surface area (TPSA) is 72.0 Å². The van der Waals surface area contributed by atoms with Gasteiger partial charge in [-0.1, -0.05) is 13.8 Å². The lowest BCUT2D eigenvalue weighted by atomic mass is 9.90. The molecule has 7 nitrogen and oxygen atoms in total. The maximum absolute atomic E-state index is 12.8. The number of esters is 2. The van der Waals surface area contributed by atoms with Crippen LogP contribution < -0.4 is 0 Å². The lowest BCUT2D eigenvalue weighted by molar-refractivity contribution is -0.142. The smallest absolute Gasteiger partial charge is 0.355 e. The van der Waals surface area contributed by atoms with Crippen LogP contribution >= 0.6 is 0 Å². The molecule has 0 bridgehead atoms. The van der Waals surface area contributed by atoms with Crippen LogP contribution in [0.3, 0.4) is 0 Å². The number of likely N-dealkylation sites (N-methyl/N-ethyl adjacent to an activating group) is 1. The molecule has 1 aliphatic heterocycles. The van der Waals surface area contributed by atoms with E-state index >= 15 is 0 Å². The molecule has 2 rings (SSSR count). The van der Waals surface area contributed by atoms with Gasteiger partial charge in [-0.3, -0.25) is 4.98 Å². The number of fused-ring (bicyclic) bond motifs is 1. The Bertz CT molecular complexity index is 701. The molecule has 0 fully saturated rings. The van der Waals surface area contributed by atoms with Crippen molar-refractivity contribution in [2.75, 3.05) is 40.4 Å². The number of hydrogen-bond donors (Lipinski definition) is 0. The summed E-state index contributed by atoms with van der Waals surface area (Å²) >= 11 is 0. The van der Waals surface area contributed by atoms with Crippen molar-refractivity contribution in [3.63, 3.8) is 0 Å². The molecule has 2 heterocycles. The monoisotopic (exact) mass is 391 g/mol. The molecule has 1 aromatic rings. The summed E-state index contributed by atoms with van der Waals surface area (Å²) in [5.41, 5.74) is 2.08. The first-order valence-corrected chi connectivity index (χ1v) is 9.86. The Balaban J connectivity index is 0.00000190. The minimum atomic E-state index is -0.523. The second kappa shape index (κ2) is 11.4. The molecule has 0 N–H and O–H groups in total. The fourth-order valence-electron chi connectivity index (χ4n) is 3.04. The van der Waals surface area contributed by atoms with Crippen molar-refractivity contribution in [2.45, 2.75) is 40.7 Å². The van der Waals surface area contributed by atoms with Crippen LogP contribution in [-0.2, 0) is 19.1 Å². The minimum Gasteiger partial charge on any atom is -0.462 e. The molecule has 0 saturated heterocycles. The van der Waals surface area contributed by atoms with E-state index in [1.807, 2.05) is 44.7 Å². The molecule has 0 spiro atoms. The maximum atomic E-state index is 12.8. The Hall–Kier alpha value is -2.41. The third-order valence-corrected chi connectivity index (χ3v) is 4.30. The minimum absolute atomic E-state index is 0.115. The molecule has 1 aromatic heterocycles. The second-order valence-corrected chi connectivity index (χ2v) is 6.30. The van der Waals surface area contributed by atoms with Crippen LogP contribution in [0.4, 0.5) is 0 Å². The SMILES string of the molecule is CC.CCOC(=O)C1=C(C(=O)OCC)N(CCN(C)C)C(C)c2cnccc21. The molecular weight excluding hydrogens is 358 g/mol. The highest BCUT2D eigenvalue weighted by Gasteiger charge is 2.38. The molecule has 1 unspecified atom stereocenters. The van der Waals surface area contributed by atoms with Crippen LogP contribution in [0.1, 0.15) is 51.8 Å². The summed E-state index contributed by atoms with van der Waals surface area (Å²) in [4.78, 5) is 33.6. The predicted molar refractivity (Wildman–Crippen MR) is 109 cm³/mol. The Morgan fingerprint density at radius 2 is 1.75 bits per heavy atom. The second-order valence-electron chi connectivity index (χ2n) is 6.30. The zero-order valence-electron chi connectivity index (χ0n) is 18.1. The molecule has 0 aliphatic carbocycles. The van der Waals surface area contributed by atoms with E-state index in [2.05, 4.69) is 4.98 Å². The third-order valence-electron chi connectivity index (χ3n) is 4.30. The molecule has 1 aliphatic rings. The van der Waals surface area contributed by atoms with Crippen molar-refractivity contribution < 1.29 is 19.1 Å². The van der Waals surface area contributed by atoms with Crippen molar-refractivity contribution >= 4 is 17.5 Å². The average molecular weight is 392 g/mol. The van der Waals surface area contributed by atoms with E-state index in [1.165, 1.54) is 0 Å². The zero-order chi connectivity index (χ0) is 21.3. The van der Waals surface area contributed by atoms with E-state index in [-0.39, 0.29) is 30.5 Å². The van der Waals surface area contributed by atoms with Gasteiger partial charge in [-0.15, -0.1) is 0 Å². The summed E-state index contributed by atoms with van der Waals surface area (Å²) in [6.07, 6.45) is 3.35. The van der Waals surface area contributed by atoms with E-state index in [0.29, 0.717) is 12.1 Å². The van der Waals surface area contributed by atoms with Crippen LogP contribution in [0.25, 0.3) is 5.57 Å². The first kappa shape index (κ1) is 23.6. The van der Waals surface area contributed by atoms with E-state index < -0.39 is 11.9 Å². The average Bonchev–Trinajstić information content (AvgIpc) is 2.68. The van der Waals surface area contributed by atoms with Gasteiger partial charge in [0.2, 0.25) is 0 Å². The summed E-state index contributed by atoms with van der Waals surface area (Å²) in [6.45, 7) is 11.2. The number of hydrogen-bond acceptors (Lipinski definition) is 7. The van der Waals surface area contributed by atoms with E-state index in [0.717, 1.165) is 12.1 Å². The van der Waals surface area contributed by atoms with Crippen LogP contribution in [0.15, 0.2) is 24.2 Å². The first-order chi connectivity index (χ1) is 13.4. The maximum Gasteiger partial charge on any atom is 0.355 e. The highest BCUT2D eigenvalue weighted by Crippen LogP contribution is 2.39. The zero-order valence-corrected chi connectivity index (χ0v) is 18.1. The summed E-state index contributed by atoms with van der Waals surface area (Å²) in [5.74, 6) is -1.03. The van der Waals surface area contributed by atoms with Crippen molar-refractivity contribution in [1.29, 1.82) is 0 Å². The van der Waals surface area contributed by atoms with Crippen LogP contribution in [0.5, 0.6) is 0 Å². The van der Waals surface area contributed by atoms with Crippen molar-refractivity contribution in [3.05, 3.63) is 35.3 Å². The predicted octanol–water partition coefficient (Wildman–Crippen LogP) is 2.88. The standard InChI is InChI=1S/C19H27N3O4.C2H6/c1-6-25-18(23)16-14-8-9-20-12-15(14)13(3)22(11-10-21(4)5)17(16)19(24)26-7-2;1-2/h8-9,12-13H,6-7,10-11H2,1-5H3;1-2H3. The number of pyridine rings is 1. The number of carbonyl (C=O) groups excluding carboxylic acids is 2. The van der Waals surface area contributed by atoms with Crippen molar-refractivity contribution in [1.82, 2.24) is 14.8 Å². The van der Waals surface area contributed by atoms with Crippen LogP contribution in [-0.4, -0.2) is 67.1 Å². The Morgan fingerprint density at radius 1 is 1.14 bits per heavy atom. The number of ether oxygens (including phenoxy) is 2. The number of rotatable bonds is 7. The Morgan fingerprint density at radius 3 is 2.32 bits per heavy atom. The van der Waals surface area contributed by atoms with Gasteiger partial charge in [-0.2, -0.15) is 0 Å². The summed E-state index contributed by atoms with van der Waals surface area (Å²) in [7, 11) is 3.92. The van der Waals surface area contributed by atoms with Gasteiger partial charge in [0.05, 0.1) is 24.8 Å². The first-order valence-electron chi connectivity index (χ1n) is 9.86. The Kier molecular flexibility index (Phi) is 9.65. The van der Waals surface area contributed by atoms with Gasteiger partial charge in [0, 0.05) is 31.0 Å². The van der Waals surface area contributed by atoms with Crippen LogP contribution in [0, 0.1) is 0 Å². The van der Waals surface area contributed by atoms with Gasteiger partial charge in [-0.05, 0) is 46.5 Å². The molecule has 28 heavy (non-hydrogen) atoms. The molecule has 7 heteroatoms. The Labute approximate surface area is 168 Å². The third kappa shape index (κ3) is 5.32. The van der Waals surface area contributed by atoms with Gasteiger partial charge in [0.1, 0.15) is 5.70 Å². The summed E-state index contributed by atoms with van der Waals surface area (Å²) in [5, 5.41) is 0. The molecule has 1 atom stereocenters. The van der Waals surface area contributed by atoms with Gasteiger partial charge in [-0.25, -0.2) is 9.59 Å². The highest BCUT2D eigenvalue weighted by molar-refractivity contribution is 6.23. The van der Waals surface area contributed by atoms with Crippen molar-refractivity contribution in [2.24, 2.45) is 0 Å². The quantitative estimate of drug-likeness (QED) is 0.662. The van der Waals surface area contributed by atoms with Gasteiger partial charge in [0.15, 0.2) is 0 Å². The lowest BCUT2D eigenvalue weighted by Crippen LogP contribution is -2.40. The number of aromatic nitrogens is 1. The van der Waals surface area contributed by atoms with E-state index in [9.17, 15) is 9.59 Å². The fraction of sp³-hybridized carbons (Fsp3) is 0.571. The molecule has 0 amide bonds. The lowest BCUT2D eigenvalue weighted by Gasteiger charge is -2.38. The molecule has 0 aromatic carbocycles. The van der Waals surface area contributed by atoms with E-state index in [4.69, 9.17) is 9.47 Å². The number of carbonyl (C=O) groups is 2. The molecule has 0 radical (unpaired) electrons. The van der Waals surface area contributed by atoms with Crippen LogP contribution in [0.2, 0.25) is 0 Å². The fourth-order valence-corrected chi connectivity index (χ4v) is 3.04. The molecule has 0 saturated carbocycles. The normalized spacial score (nSPS) is 15.6. The van der Waals surface area contributed by atoms with Gasteiger partial charge >= 0.3 is 11.9 Å². The van der Waals surface area contributed by atoms with Gasteiger partial charge in [0.25, 0.3) is 0 Å². The molecule has 156 valence electrons. The van der Waals surface area contributed by atoms with Crippen molar-refractivity contribution in [3.8, 4) is 0 Å². The van der Waals surface area contributed by atoms with Gasteiger partial charge < -0.3 is 19.3 Å². The largest absolute Gasteiger partial charge is 0.462 e. The molecular formula is C21H33N3O4. The van der Waals surface area contributed by atoms with E-state index in [1.54, 1.807) is 32.3 Å². The summed E-state index contributed by atoms with van der Waals surface area (Å²) < 4.78 is 10.5. The number of nitrogens with zero attached hydrogens (tertiary/aromatic N) is 3. The highest BCUT2D eigenvalue weighted by atomic mass is 16.5.